The van der Waals surface area contributed by atoms with Gasteiger partial charge in [0.25, 0.3) is 11.8 Å². The summed E-state index contributed by atoms with van der Waals surface area (Å²) in [6.07, 6.45) is 1.84. The average Bonchev–Trinajstić information content (AvgIpc) is 3.63. The number of imide groups is 2. The smallest absolute Gasteiger partial charge is 0.253 e. The maximum atomic E-state index is 14.3. The summed E-state index contributed by atoms with van der Waals surface area (Å²) in [4.78, 5) is 58.1. The van der Waals surface area contributed by atoms with Crippen LogP contribution in [0.2, 0.25) is 5.02 Å². The molecule has 2 aliphatic carbocycles. The van der Waals surface area contributed by atoms with Gasteiger partial charge in [0.1, 0.15) is 11.3 Å². The number of amides is 4. The van der Waals surface area contributed by atoms with Crippen molar-refractivity contribution in [1.82, 2.24) is 9.88 Å². The molecule has 4 aromatic rings. The first-order chi connectivity index (χ1) is 22.0. The Morgan fingerprint density at radius 3 is 2.41 bits per heavy atom. The van der Waals surface area contributed by atoms with Crippen molar-refractivity contribution < 1.29 is 28.7 Å². The number of phenols is 1. The van der Waals surface area contributed by atoms with Gasteiger partial charge >= 0.3 is 0 Å². The van der Waals surface area contributed by atoms with E-state index in [1.807, 2.05) is 24.3 Å². The van der Waals surface area contributed by atoms with Gasteiger partial charge in [-0.3, -0.25) is 29.0 Å². The second kappa shape index (κ2) is 9.91. The Kier molecular flexibility index (Phi) is 6.30. The van der Waals surface area contributed by atoms with Crippen LogP contribution in [0.1, 0.15) is 24.3 Å². The van der Waals surface area contributed by atoms with Crippen molar-refractivity contribution in [2.45, 2.75) is 28.5 Å². The van der Waals surface area contributed by atoms with Crippen LogP contribution in [-0.2, 0) is 19.2 Å². The van der Waals surface area contributed by atoms with Crippen molar-refractivity contribution in [2.24, 2.45) is 17.8 Å². The van der Waals surface area contributed by atoms with Gasteiger partial charge in [-0.2, -0.15) is 0 Å². The third kappa shape index (κ3) is 3.73. The number of benzene rings is 3. The molecule has 0 radical (unpaired) electrons. The number of aromatic nitrogens is 1. The molecule has 9 nitrogen and oxygen atoms in total. The summed E-state index contributed by atoms with van der Waals surface area (Å²) in [5.41, 5.74) is 3.18. The van der Waals surface area contributed by atoms with Crippen molar-refractivity contribution in [3.8, 4) is 17.2 Å². The van der Waals surface area contributed by atoms with Crippen LogP contribution in [0, 0.1) is 17.8 Å². The lowest BCUT2D eigenvalue weighted by Crippen LogP contribution is -2.60. The van der Waals surface area contributed by atoms with Gasteiger partial charge in [0.2, 0.25) is 17.7 Å². The number of phenolic OH excluding ortho intramolecular Hbond substituents is 1. The van der Waals surface area contributed by atoms with Gasteiger partial charge in [0.15, 0.2) is 15.3 Å². The molecular weight excluding hydrogens is 653 g/mol. The van der Waals surface area contributed by atoms with E-state index in [0.29, 0.717) is 33.8 Å². The number of carbonyl (C=O) groups is 4. The zero-order valence-electron chi connectivity index (χ0n) is 24.1. The van der Waals surface area contributed by atoms with Crippen LogP contribution in [0.15, 0.2) is 82.8 Å². The molecule has 4 aliphatic rings. The number of para-hydroxylation sites is 2. The number of allylic oxidation sites excluding steroid dienone is 2. The molecule has 8 rings (SSSR count). The minimum absolute atomic E-state index is 0.151. The lowest BCUT2D eigenvalue weighted by atomic mass is 9.56. The third-order valence-electron chi connectivity index (χ3n) is 9.98. The van der Waals surface area contributed by atoms with Gasteiger partial charge in [-0.15, -0.1) is 23.2 Å². The Hall–Kier alpha value is -4.18. The highest BCUT2D eigenvalue weighted by Gasteiger charge is 2.76. The topological polar surface area (TPSA) is 121 Å². The van der Waals surface area contributed by atoms with Crippen molar-refractivity contribution in [1.29, 1.82) is 0 Å². The molecule has 3 fully saturated rings. The minimum Gasteiger partial charge on any atom is -0.508 e. The zero-order valence-corrected chi connectivity index (χ0v) is 26.4. The van der Waals surface area contributed by atoms with E-state index in [1.54, 1.807) is 30.3 Å². The van der Waals surface area contributed by atoms with E-state index in [2.05, 4.69) is 4.98 Å². The van der Waals surface area contributed by atoms with Crippen LogP contribution in [0.4, 0.5) is 5.69 Å². The Morgan fingerprint density at radius 1 is 0.935 bits per heavy atom. The molecule has 0 spiro atoms. The molecule has 46 heavy (non-hydrogen) atoms. The number of carbonyl (C=O) groups excluding carboxylic acids is 4. The van der Waals surface area contributed by atoms with E-state index in [-0.39, 0.29) is 35.1 Å². The summed E-state index contributed by atoms with van der Waals surface area (Å²) in [7, 11) is 1.31. The fraction of sp³-hybridized carbons (Fsp3) is 0.265. The molecule has 6 atom stereocenters. The number of nitrogens with zero attached hydrogens (tertiary/aromatic N) is 3. The first-order valence-electron chi connectivity index (χ1n) is 14.7. The zero-order chi connectivity index (χ0) is 32.3. The average molecular weight is 677 g/mol. The summed E-state index contributed by atoms with van der Waals surface area (Å²) in [5, 5.41) is 11.3. The molecular formula is C34H24Cl3N3O6. The van der Waals surface area contributed by atoms with Gasteiger partial charge in [-0.25, -0.2) is 4.98 Å². The second-order valence-corrected chi connectivity index (χ2v) is 13.9. The highest BCUT2D eigenvalue weighted by molar-refractivity contribution is 6.53. The van der Waals surface area contributed by atoms with E-state index in [1.165, 1.54) is 30.1 Å². The van der Waals surface area contributed by atoms with E-state index in [9.17, 15) is 24.3 Å². The minimum atomic E-state index is -2.01. The highest BCUT2D eigenvalue weighted by atomic mass is 35.5. The maximum Gasteiger partial charge on any atom is 0.253 e. The van der Waals surface area contributed by atoms with Crippen molar-refractivity contribution in [3.63, 3.8) is 0 Å². The number of oxazole rings is 1. The van der Waals surface area contributed by atoms with Crippen molar-refractivity contribution in [2.75, 3.05) is 11.9 Å². The van der Waals surface area contributed by atoms with Gasteiger partial charge in [0.05, 0.1) is 17.5 Å². The number of likely N-dealkylation sites (tertiary alicyclic amines) is 1. The Balaban J connectivity index is 1.19. The van der Waals surface area contributed by atoms with Crippen LogP contribution in [0.5, 0.6) is 5.75 Å². The first-order valence-corrected chi connectivity index (χ1v) is 15.8. The van der Waals surface area contributed by atoms with Crippen LogP contribution in [0.25, 0.3) is 22.6 Å². The van der Waals surface area contributed by atoms with Gasteiger partial charge in [0, 0.05) is 29.1 Å². The molecule has 2 saturated heterocycles. The quantitative estimate of drug-likeness (QED) is 0.159. The highest BCUT2D eigenvalue weighted by Crippen LogP contribution is 2.66. The van der Waals surface area contributed by atoms with Crippen molar-refractivity contribution in [3.05, 3.63) is 89.0 Å². The second-order valence-electron chi connectivity index (χ2n) is 12.2. The summed E-state index contributed by atoms with van der Waals surface area (Å²) < 4.78 is 5.87. The summed E-state index contributed by atoms with van der Waals surface area (Å²) in [5.74, 6) is -5.45. The molecule has 232 valence electrons. The number of alkyl halides is 2. The fourth-order valence-electron chi connectivity index (χ4n) is 7.85. The number of aromatic hydroxyl groups is 1. The number of anilines is 1. The van der Waals surface area contributed by atoms with Crippen LogP contribution in [-0.4, -0.2) is 55.4 Å². The van der Waals surface area contributed by atoms with Gasteiger partial charge in [-0.1, -0.05) is 35.4 Å². The lowest BCUT2D eigenvalue weighted by Gasteiger charge is -2.50. The van der Waals surface area contributed by atoms with Gasteiger partial charge < -0.3 is 9.52 Å². The molecule has 1 saturated carbocycles. The summed E-state index contributed by atoms with van der Waals surface area (Å²) in [6.45, 7) is 0. The fourth-order valence-corrected chi connectivity index (χ4v) is 9.04. The monoisotopic (exact) mass is 675 g/mol. The maximum absolute atomic E-state index is 14.3. The molecule has 3 heterocycles. The molecule has 12 heteroatoms. The van der Waals surface area contributed by atoms with Gasteiger partial charge in [-0.05, 0) is 73.4 Å². The van der Waals surface area contributed by atoms with Crippen molar-refractivity contribution >= 4 is 75.2 Å². The number of halogens is 3. The van der Waals surface area contributed by atoms with Crippen LogP contribution < -0.4 is 4.90 Å². The molecule has 1 aromatic heterocycles. The molecule has 1 N–H and O–H groups in total. The molecule has 2 aliphatic heterocycles. The number of hydrogen-bond donors (Lipinski definition) is 1. The molecule has 6 unspecified atom stereocenters. The predicted octanol–water partition coefficient (Wildman–Crippen LogP) is 6.05. The standard InChI is InChI=1S/C34H24Cl3N3O6/c1-39-31(44)33(36)15-22-19(27(34(33,37)32(39)45)21-14-17(35)8-13-24(21)41)11-12-20-26(22)30(43)40(29(20)42)18-9-6-16(7-10-18)28-38-23-4-2-3-5-25(23)46-28/h2-11,13-14,20,22,26-27,41H,12,15H2,1H3. The number of fused-ring (bicyclic) bond motifs is 5. The summed E-state index contributed by atoms with van der Waals surface area (Å²) >= 11 is 20.7. The van der Waals surface area contributed by atoms with E-state index in [0.717, 1.165) is 4.90 Å². The SMILES string of the molecule is CN1C(=O)C2(Cl)CC3C(=CCC4C(=O)N(c5ccc(-c6nc7ccccc7o6)cc5)C(=O)C43)C(c3cc(Cl)ccc3O)C2(Cl)C1=O. The number of rotatable bonds is 3. The normalized spacial score (nSPS) is 30.5. The Morgan fingerprint density at radius 2 is 1.67 bits per heavy atom. The van der Waals surface area contributed by atoms with Crippen LogP contribution in [0.3, 0.4) is 0 Å². The number of hydrogen-bond acceptors (Lipinski definition) is 7. The summed E-state index contributed by atoms with van der Waals surface area (Å²) in [6, 6.07) is 18.5. The molecule has 3 aromatic carbocycles. The predicted molar refractivity (Wildman–Crippen MR) is 171 cm³/mol. The first kappa shape index (κ1) is 29.2. The van der Waals surface area contributed by atoms with E-state index >= 15 is 0 Å². The Labute approximate surface area is 277 Å². The Bertz CT molecular complexity index is 2030. The van der Waals surface area contributed by atoms with E-state index < -0.39 is 51.1 Å². The molecule has 4 amide bonds. The largest absolute Gasteiger partial charge is 0.508 e. The lowest BCUT2D eigenvalue weighted by molar-refractivity contribution is -0.138. The van der Waals surface area contributed by atoms with Crippen LogP contribution >= 0.6 is 34.8 Å². The third-order valence-corrected chi connectivity index (χ3v) is 11.6. The van der Waals surface area contributed by atoms with E-state index in [4.69, 9.17) is 39.2 Å². The molecule has 0 bridgehead atoms.